The van der Waals surface area contributed by atoms with E-state index >= 15 is 0 Å². The molecule has 3 aliphatic rings. The summed E-state index contributed by atoms with van der Waals surface area (Å²) >= 11 is 0. The summed E-state index contributed by atoms with van der Waals surface area (Å²) in [6, 6.07) is 0.239. The van der Waals surface area contributed by atoms with Crippen LogP contribution in [0.15, 0.2) is 0 Å². The fourth-order valence-corrected chi connectivity index (χ4v) is 6.81. The summed E-state index contributed by atoms with van der Waals surface area (Å²) in [7, 11) is -3.06. The first-order chi connectivity index (χ1) is 9.62. The third kappa shape index (κ3) is 2.77. The predicted molar refractivity (Wildman–Crippen MR) is 81.0 cm³/mol. The van der Waals surface area contributed by atoms with E-state index in [4.69, 9.17) is 0 Å². The quantitative estimate of drug-likeness (QED) is 0.861. The van der Waals surface area contributed by atoms with Crippen LogP contribution in [-0.2, 0) is 10.0 Å². The molecule has 1 aliphatic carbocycles. The molecule has 0 aromatic heterocycles. The third-order valence-corrected chi connectivity index (χ3v) is 7.64. The van der Waals surface area contributed by atoms with Crippen molar-refractivity contribution in [1.82, 2.24) is 9.62 Å². The fraction of sp³-hybridized carbons (Fsp3) is 1.00. The van der Waals surface area contributed by atoms with Gasteiger partial charge in [-0.3, -0.25) is 0 Å². The summed E-state index contributed by atoms with van der Waals surface area (Å²) < 4.78 is 27.5. The molecule has 0 aromatic carbocycles. The topological polar surface area (TPSA) is 49.4 Å². The van der Waals surface area contributed by atoms with Gasteiger partial charge >= 0.3 is 0 Å². The van der Waals surface area contributed by atoms with Crippen molar-refractivity contribution < 1.29 is 8.42 Å². The molecule has 1 N–H and O–H groups in total. The van der Waals surface area contributed by atoms with Crippen molar-refractivity contribution >= 4 is 10.0 Å². The molecule has 116 valence electrons. The van der Waals surface area contributed by atoms with Crippen molar-refractivity contribution in [2.24, 2.45) is 17.8 Å². The predicted octanol–water partition coefficient (Wildman–Crippen LogP) is 1.83. The van der Waals surface area contributed by atoms with Gasteiger partial charge in [-0.25, -0.2) is 8.42 Å². The maximum absolute atomic E-state index is 12.8. The highest BCUT2D eigenvalue weighted by Crippen LogP contribution is 2.37. The maximum Gasteiger partial charge on any atom is 0.214 e. The lowest BCUT2D eigenvalue weighted by Crippen LogP contribution is -2.42. The molecule has 20 heavy (non-hydrogen) atoms. The molecule has 3 rings (SSSR count). The smallest absolute Gasteiger partial charge is 0.214 e. The number of nitrogens with one attached hydrogen (secondary N) is 1. The summed E-state index contributed by atoms with van der Waals surface area (Å²) in [6.45, 7) is 4.88. The van der Waals surface area contributed by atoms with Crippen LogP contribution in [0.3, 0.4) is 0 Å². The van der Waals surface area contributed by atoms with Gasteiger partial charge in [0, 0.05) is 12.6 Å². The standard InChI is InChI=1S/C15H28N2O2S/c1-2-15-14-9-16-8-13(14)10-17(15)20(18,19)11-12-6-4-3-5-7-12/h12-16H,2-11H2,1H3. The Hall–Kier alpha value is -0.130. The molecule has 3 atom stereocenters. The molecular formula is C15H28N2O2S. The van der Waals surface area contributed by atoms with E-state index in [1.165, 1.54) is 19.3 Å². The van der Waals surface area contributed by atoms with Gasteiger partial charge in [0.05, 0.1) is 5.75 Å². The summed E-state index contributed by atoms with van der Waals surface area (Å²) in [6.07, 6.45) is 6.89. The number of rotatable bonds is 4. The lowest BCUT2D eigenvalue weighted by molar-refractivity contribution is 0.320. The SMILES string of the molecule is CCC1C2CNCC2CN1S(=O)(=O)CC1CCCCC1. The lowest BCUT2D eigenvalue weighted by atomic mass is 9.91. The Morgan fingerprint density at radius 2 is 1.90 bits per heavy atom. The van der Waals surface area contributed by atoms with Crippen molar-refractivity contribution in [2.75, 3.05) is 25.4 Å². The van der Waals surface area contributed by atoms with Crippen molar-refractivity contribution in [2.45, 2.75) is 51.5 Å². The van der Waals surface area contributed by atoms with Crippen molar-refractivity contribution in [3.63, 3.8) is 0 Å². The zero-order chi connectivity index (χ0) is 14.2. The zero-order valence-electron chi connectivity index (χ0n) is 12.6. The number of hydrogen-bond donors (Lipinski definition) is 1. The second kappa shape index (κ2) is 5.93. The Kier molecular flexibility index (Phi) is 4.39. The molecule has 3 unspecified atom stereocenters. The van der Waals surface area contributed by atoms with E-state index in [0.717, 1.165) is 38.9 Å². The van der Waals surface area contributed by atoms with E-state index in [1.807, 2.05) is 4.31 Å². The minimum atomic E-state index is -3.06. The molecule has 0 bridgehead atoms. The van der Waals surface area contributed by atoms with E-state index in [2.05, 4.69) is 12.2 Å². The monoisotopic (exact) mass is 300 g/mol. The van der Waals surface area contributed by atoms with Crippen LogP contribution in [0.4, 0.5) is 0 Å². The highest BCUT2D eigenvalue weighted by Gasteiger charge is 2.47. The molecule has 2 saturated heterocycles. The van der Waals surface area contributed by atoms with E-state index in [9.17, 15) is 8.42 Å². The molecule has 2 aliphatic heterocycles. The van der Waals surface area contributed by atoms with E-state index < -0.39 is 10.0 Å². The molecule has 3 fully saturated rings. The average molecular weight is 300 g/mol. The summed E-state index contributed by atoms with van der Waals surface area (Å²) in [4.78, 5) is 0. The van der Waals surface area contributed by atoms with E-state index in [1.54, 1.807) is 0 Å². The van der Waals surface area contributed by atoms with Gasteiger partial charge in [-0.2, -0.15) is 4.31 Å². The van der Waals surface area contributed by atoms with Crippen molar-refractivity contribution in [1.29, 1.82) is 0 Å². The van der Waals surface area contributed by atoms with Crippen LogP contribution in [0.25, 0.3) is 0 Å². The van der Waals surface area contributed by atoms with Crippen molar-refractivity contribution in [3.8, 4) is 0 Å². The second-order valence-corrected chi connectivity index (χ2v) is 8.88. The second-order valence-electron chi connectivity index (χ2n) is 6.91. The van der Waals surface area contributed by atoms with Crippen LogP contribution in [-0.4, -0.2) is 44.2 Å². The first kappa shape index (κ1) is 14.8. The largest absolute Gasteiger partial charge is 0.316 e. The molecule has 0 radical (unpaired) electrons. The molecule has 5 heteroatoms. The van der Waals surface area contributed by atoms with Gasteiger partial charge in [0.2, 0.25) is 10.0 Å². The average Bonchev–Trinajstić information content (AvgIpc) is 2.99. The Bertz CT molecular complexity index is 431. The van der Waals surface area contributed by atoms with Crippen LogP contribution in [0.1, 0.15) is 45.4 Å². The Morgan fingerprint density at radius 1 is 1.15 bits per heavy atom. The fourth-order valence-electron chi connectivity index (χ4n) is 4.56. The Morgan fingerprint density at radius 3 is 2.60 bits per heavy atom. The van der Waals surface area contributed by atoms with E-state index in [0.29, 0.717) is 23.5 Å². The first-order valence-corrected chi connectivity index (χ1v) is 9.93. The van der Waals surface area contributed by atoms with E-state index in [-0.39, 0.29) is 6.04 Å². The number of hydrogen-bond acceptors (Lipinski definition) is 3. The van der Waals surface area contributed by atoms with Crippen LogP contribution in [0.2, 0.25) is 0 Å². The van der Waals surface area contributed by atoms with Gasteiger partial charge in [-0.15, -0.1) is 0 Å². The van der Waals surface area contributed by atoms with Gasteiger partial charge in [0.15, 0.2) is 0 Å². The minimum Gasteiger partial charge on any atom is -0.316 e. The molecule has 0 spiro atoms. The van der Waals surface area contributed by atoms with Gasteiger partial charge in [-0.05, 0) is 50.1 Å². The molecule has 2 heterocycles. The van der Waals surface area contributed by atoms with Gasteiger partial charge in [0.25, 0.3) is 0 Å². The summed E-state index contributed by atoms with van der Waals surface area (Å²) in [5, 5.41) is 3.42. The lowest BCUT2D eigenvalue weighted by Gasteiger charge is -2.29. The molecule has 0 amide bonds. The Balaban J connectivity index is 1.70. The third-order valence-electron chi connectivity index (χ3n) is 5.62. The van der Waals surface area contributed by atoms with Crippen LogP contribution in [0, 0.1) is 17.8 Å². The van der Waals surface area contributed by atoms with Crippen LogP contribution in [0.5, 0.6) is 0 Å². The summed E-state index contributed by atoms with van der Waals surface area (Å²) in [5.41, 5.74) is 0. The van der Waals surface area contributed by atoms with Gasteiger partial charge in [-0.1, -0.05) is 26.2 Å². The normalized spacial score (nSPS) is 36.4. The first-order valence-electron chi connectivity index (χ1n) is 8.32. The maximum atomic E-state index is 12.8. The molecule has 1 saturated carbocycles. The highest BCUT2D eigenvalue weighted by molar-refractivity contribution is 7.89. The zero-order valence-corrected chi connectivity index (χ0v) is 13.4. The van der Waals surface area contributed by atoms with Crippen LogP contribution >= 0.6 is 0 Å². The minimum absolute atomic E-state index is 0.239. The molecular weight excluding hydrogens is 272 g/mol. The highest BCUT2D eigenvalue weighted by atomic mass is 32.2. The van der Waals surface area contributed by atoms with Crippen LogP contribution < -0.4 is 5.32 Å². The number of nitrogens with zero attached hydrogens (tertiary/aromatic N) is 1. The molecule has 0 aromatic rings. The van der Waals surface area contributed by atoms with Gasteiger partial charge < -0.3 is 5.32 Å². The van der Waals surface area contributed by atoms with Crippen molar-refractivity contribution in [3.05, 3.63) is 0 Å². The summed E-state index contributed by atoms with van der Waals surface area (Å²) in [5.74, 6) is 1.89. The number of fused-ring (bicyclic) bond motifs is 1. The number of sulfonamides is 1. The van der Waals surface area contributed by atoms with Gasteiger partial charge in [0.1, 0.15) is 0 Å². The Labute approximate surface area is 123 Å². The molecule has 4 nitrogen and oxygen atoms in total.